The van der Waals surface area contributed by atoms with E-state index in [4.69, 9.17) is 4.74 Å². The number of anilines is 2. The Morgan fingerprint density at radius 3 is 2.32 bits per heavy atom. The van der Waals surface area contributed by atoms with Crippen LogP contribution in [-0.2, 0) is 6.54 Å². The molecule has 1 amide bonds. The highest BCUT2D eigenvalue weighted by molar-refractivity contribution is 6.04. The molecule has 28 heavy (non-hydrogen) atoms. The third kappa shape index (κ3) is 4.88. The molecule has 1 aromatic heterocycles. The zero-order chi connectivity index (χ0) is 19.9. The number of rotatable bonds is 7. The average molecular weight is 375 g/mol. The third-order valence-corrected chi connectivity index (χ3v) is 4.47. The van der Waals surface area contributed by atoms with Gasteiger partial charge in [0.25, 0.3) is 5.91 Å². The number of carbonyl (C=O) groups is 1. The zero-order valence-corrected chi connectivity index (χ0v) is 16.4. The molecule has 0 fully saturated rings. The SMILES string of the molecule is COc1ccc(C(=O)Nc2ccc(N(Cc3ccccc3)C(C)C)nc2)cc1. The van der Waals surface area contributed by atoms with Gasteiger partial charge in [0, 0.05) is 18.2 Å². The summed E-state index contributed by atoms with van der Waals surface area (Å²) in [5.74, 6) is 1.42. The normalized spacial score (nSPS) is 10.6. The number of pyridine rings is 1. The third-order valence-electron chi connectivity index (χ3n) is 4.47. The molecule has 0 bridgehead atoms. The average Bonchev–Trinajstić information content (AvgIpc) is 2.73. The Balaban J connectivity index is 1.69. The molecule has 0 atom stereocenters. The van der Waals surface area contributed by atoms with Crippen LogP contribution < -0.4 is 15.0 Å². The van der Waals surface area contributed by atoms with Crippen LogP contribution in [0.3, 0.4) is 0 Å². The number of aromatic nitrogens is 1. The minimum absolute atomic E-state index is 0.179. The predicted molar refractivity (Wildman–Crippen MR) is 113 cm³/mol. The van der Waals surface area contributed by atoms with Crippen LogP contribution in [0.2, 0.25) is 0 Å². The first kappa shape index (κ1) is 19.4. The zero-order valence-electron chi connectivity index (χ0n) is 16.4. The summed E-state index contributed by atoms with van der Waals surface area (Å²) >= 11 is 0. The van der Waals surface area contributed by atoms with Crippen molar-refractivity contribution in [1.82, 2.24) is 4.98 Å². The number of amides is 1. The van der Waals surface area contributed by atoms with E-state index in [2.05, 4.69) is 41.2 Å². The van der Waals surface area contributed by atoms with Gasteiger partial charge in [-0.05, 0) is 55.8 Å². The van der Waals surface area contributed by atoms with Gasteiger partial charge in [-0.25, -0.2) is 4.98 Å². The van der Waals surface area contributed by atoms with E-state index in [1.54, 1.807) is 37.6 Å². The van der Waals surface area contributed by atoms with Crippen LogP contribution in [0.15, 0.2) is 72.9 Å². The molecule has 1 heterocycles. The molecule has 3 rings (SSSR count). The maximum atomic E-state index is 12.4. The summed E-state index contributed by atoms with van der Waals surface area (Å²) in [7, 11) is 1.60. The molecule has 0 spiro atoms. The summed E-state index contributed by atoms with van der Waals surface area (Å²) in [6.45, 7) is 5.07. The molecule has 2 aromatic carbocycles. The number of hydrogen-bond donors (Lipinski definition) is 1. The molecule has 0 aliphatic rings. The molecule has 144 valence electrons. The predicted octanol–water partition coefficient (Wildman–Crippen LogP) is 4.76. The lowest BCUT2D eigenvalue weighted by Gasteiger charge is -2.28. The number of ether oxygens (including phenoxy) is 1. The van der Waals surface area contributed by atoms with Gasteiger partial charge in [0.15, 0.2) is 0 Å². The van der Waals surface area contributed by atoms with E-state index in [-0.39, 0.29) is 5.91 Å². The lowest BCUT2D eigenvalue weighted by molar-refractivity contribution is 0.102. The van der Waals surface area contributed by atoms with Crippen LogP contribution in [0.4, 0.5) is 11.5 Å². The highest BCUT2D eigenvalue weighted by Gasteiger charge is 2.13. The summed E-state index contributed by atoms with van der Waals surface area (Å²) in [4.78, 5) is 19.2. The number of nitrogens with one attached hydrogen (secondary N) is 1. The van der Waals surface area contributed by atoms with Crippen molar-refractivity contribution < 1.29 is 9.53 Å². The van der Waals surface area contributed by atoms with E-state index in [9.17, 15) is 4.79 Å². The van der Waals surface area contributed by atoms with Crippen molar-refractivity contribution in [3.8, 4) is 5.75 Å². The fraction of sp³-hybridized carbons (Fsp3) is 0.217. The molecule has 0 saturated heterocycles. The van der Waals surface area contributed by atoms with Gasteiger partial charge in [-0.2, -0.15) is 0 Å². The van der Waals surface area contributed by atoms with Gasteiger partial charge < -0.3 is 15.0 Å². The summed E-state index contributed by atoms with van der Waals surface area (Å²) < 4.78 is 5.12. The van der Waals surface area contributed by atoms with Crippen molar-refractivity contribution in [2.45, 2.75) is 26.4 Å². The molecule has 5 heteroatoms. The van der Waals surface area contributed by atoms with Crippen LogP contribution >= 0.6 is 0 Å². The van der Waals surface area contributed by atoms with Crippen molar-refractivity contribution in [1.29, 1.82) is 0 Å². The van der Waals surface area contributed by atoms with Crippen LogP contribution in [0.1, 0.15) is 29.8 Å². The Kier molecular flexibility index (Phi) is 6.27. The van der Waals surface area contributed by atoms with Crippen molar-refractivity contribution >= 4 is 17.4 Å². The molecule has 0 aliphatic heterocycles. The monoisotopic (exact) mass is 375 g/mol. The smallest absolute Gasteiger partial charge is 0.255 e. The fourth-order valence-corrected chi connectivity index (χ4v) is 2.88. The Hall–Kier alpha value is -3.34. The van der Waals surface area contributed by atoms with Crippen molar-refractivity contribution in [2.75, 3.05) is 17.3 Å². The lowest BCUT2D eigenvalue weighted by Crippen LogP contribution is -2.30. The first-order valence-electron chi connectivity index (χ1n) is 9.29. The van der Waals surface area contributed by atoms with E-state index in [0.717, 1.165) is 18.1 Å². The van der Waals surface area contributed by atoms with Gasteiger partial charge in [0.05, 0.1) is 19.0 Å². The highest BCUT2D eigenvalue weighted by Crippen LogP contribution is 2.20. The molecule has 5 nitrogen and oxygen atoms in total. The molecule has 0 unspecified atom stereocenters. The first-order valence-corrected chi connectivity index (χ1v) is 9.29. The van der Waals surface area contributed by atoms with Gasteiger partial charge in [0.1, 0.15) is 11.6 Å². The number of hydrogen-bond acceptors (Lipinski definition) is 4. The van der Waals surface area contributed by atoms with Gasteiger partial charge in [0.2, 0.25) is 0 Å². The maximum Gasteiger partial charge on any atom is 0.255 e. The second-order valence-electron chi connectivity index (χ2n) is 6.79. The minimum atomic E-state index is -0.179. The second kappa shape index (κ2) is 9.04. The standard InChI is InChI=1S/C23H25N3O2/c1-17(2)26(16-18-7-5-4-6-8-18)22-14-11-20(15-24-22)25-23(27)19-9-12-21(28-3)13-10-19/h4-15,17H,16H2,1-3H3,(H,25,27). The van der Waals surface area contributed by atoms with Gasteiger partial charge >= 0.3 is 0 Å². The number of benzene rings is 2. The summed E-state index contributed by atoms with van der Waals surface area (Å²) in [6.07, 6.45) is 1.69. The van der Waals surface area contributed by atoms with E-state index in [1.165, 1.54) is 5.56 Å². The molecule has 0 saturated carbocycles. The topological polar surface area (TPSA) is 54.5 Å². The molecule has 1 N–H and O–H groups in total. The van der Waals surface area contributed by atoms with Crippen molar-refractivity contribution in [2.24, 2.45) is 0 Å². The molecule has 0 aliphatic carbocycles. The Morgan fingerprint density at radius 1 is 1.04 bits per heavy atom. The number of nitrogens with zero attached hydrogens (tertiary/aromatic N) is 2. The summed E-state index contributed by atoms with van der Waals surface area (Å²) in [5.41, 5.74) is 2.46. The Labute approximate surface area is 166 Å². The number of carbonyl (C=O) groups excluding carboxylic acids is 1. The number of methoxy groups -OCH3 is 1. The van der Waals surface area contributed by atoms with Gasteiger partial charge in [-0.3, -0.25) is 4.79 Å². The van der Waals surface area contributed by atoms with Crippen LogP contribution in [0.25, 0.3) is 0 Å². The van der Waals surface area contributed by atoms with E-state index >= 15 is 0 Å². The largest absolute Gasteiger partial charge is 0.497 e. The van der Waals surface area contributed by atoms with Crippen molar-refractivity contribution in [3.63, 3.8) is 0 Å². The Morgan fingerprint density at radius 2 is 1.75 bits per heavy atom. The van der Waals surface area contributed by atoms with E-state index in [1.807, 2.05) is 30.3 Å². The highest BCUT2D eigenvalue weighted by atomic mass is 16.5. The Bertz CT molecular complexity index is 891. The van der Waals surface area contributed by atoms with E-state index < -0.39 is 0 Å². The summed E-state index contributed by atoms with van der Waals surface area (Å²) in [5, 5.41) is 2.88. The molecule has 0 radical (unpaired) electrons. The fourth-order valence-electron chi connectivity index (χ4n) is 2.88. The van der Waals surface area contributed by atoms with Crippen LogP contribution in [-0.4, -0.2) is 24.0 Å². The van der Waals surface area contributed by atoms with E-state index in [0.29, 0.717) is 17.3 Å². The van der Waals surface area contributed by atoms with Crippen LogP contribution in [0.5, 0.6) is 5.75 Å². The molecule has 3 aromatic rings. The first-order chi connectivity index (χ1) is 13.6. The molecular weight excluding hydrogens is 350 g/mol. The minimum Gasteiger partial charge on any atom is -0.497 e. The summed E-state index contributed by atoms with van der Waals surface area (Å²) in [6, 6.07) is 21.4. The van der Waals surface area contributed by atoms with Gasteiger partial charge in [-0.1, -0.05) is 30.3 Å². The van der Waals surface area contributed by atoms with Crippen molar-refractivity contribution in [3.05, 3.63) is 84.1 Å². The molecular formula is C23H25N3O2. The lowest BCUT2D eigenvalue weighted by atomic mass is 10.2. The van der Waals surface area contributed by atoms with Gasteiger partial charge in [-0.15, -0.1) is 0 Å². The quantitative estimate of drug-likeness (QED) is 0.647. The maximum absolute atomic E-state index is 12.4. The van der Waals surface area contributed by atoms with Crippen LogP contribution in [0, 0.1) is 0 Å². The second-order valence-corrected chi connectivity index (χ2v) is 6.79.